The minimum Gasteiger partial charge on any atom is -0.464 e. The fraction of sp³-hybridized carbons (Fsp3) is 0.250. The Labute approximate surface area is 91.0 Å². The number of alkyl halides is 1. The normalized spacial score (nSPS) is 12.6. The molecule has 5 heteroatoms. The average molecular weight is 242 g/mol. The number of ether oxygens (including phenoxy) is 1. The summed E-state index contributed by atoms with van der Waals surface area (Å²) in [5, 5.41) is 9.86. The van der Waals surface area contributed by atoms with E-state index in [9.17, 15) is 0 Å². The maximum absolute atomic E-state index is 9.04. The van der Waals surface area contributed by atoms with Crippen molar-refractivity contribution in [2.45, 2.75) is 6.29 Å². The van der Waals surface area contributed by atoms with Gasteiger partial charge in [0.25, 0.3) is 0 Å². The molecule has 1 aromatic carbocycles. The Bertz CT molecular complexity index is 291. The van der Waals surface area contributed by atoms with E-state index in [-0.39, 0.29) is 5.88 Å². The van der Waals surface area contributed by atoms with Crippen LogP contribution in [-0.2, 0) is 0 Å². The summed E-state index contributed by atoms with van der Waals surface area (Å²) in [6.07, 6.45) is -1.03. The third-order valence-corrected chi connectivity index (χ3v) is 2.30. The largest absolute Gasteiger partial charge is 0.464 e. The molecule has 0 saturated heterocycles. The Morgan fingerprint density at radius 3 is 2.54 bits per heavy atom. The first-order valence-corrected chi connectivity index (χ1v) is 4.78. The van der Waals surface area contributed by atoms with E-state index in [1.807, 2.05) is 0 Å². The standard InChI is InChI=1S/C8H7Cl3O2/c9-4-8(12)13-5-1-2-6(10)7(11)3-5/h1-3,8,12H,4H2. The monoisotopic (exact) mass is 240 g/mol. The van der Waals surface area contributed by atoms with Crippen LogP contribution in [0.2, 0.25) is 10.0 Å². The molecule has 2 nitrogen and oxygen atoms in total. The fourth-order valence-corrected chi connectivity index (χ4v) is 1.09. The van der Waals surface area contributed by atoms with Crippen LogP contribution in [0.5, 0.6) is 5.75 Å². The van der Waals surface area contributed by atoms with Crippen LogP contribution in [0.3, 0.4) is 0 Å². The molecule has 72 valence electrons. The maximum atomic E-state index is 9.04. The first-order valence-electron chi connectivity index (χ1n) is 3.49. The van der Waals surface area contributed by atoms with Crippen molar-refractivity contribution in [3.05, 3.63) is 28.2 Å². The van der Waals surface area contributed by atoms with Crippen LogP contribution in [0, 0.1) is 0 Å². The van der Waals surface area contributed by atoms with Gasteiger partial charge in [0.05, 0.1) is 15.9 Å². The van der Waals surface area contributed by atoms with Crippen molar-refractivity contribution in [1.82, 2.24) is 0 Å². The molecule has 0 heterocycles. The van der Waals surface area contributed by atoms with E-state index < -0.39 is 6.29 Å². The van der Waals surface area contributed by atoms with Crippen molar-refractivity contribution >= 4 is 34.8 Å². The molecule has 0 fully saturated rings. The second kappa shape index (κ2) is 4.91. The van der Waals surface area contributed by atoms with Crippen LogP contribution < -0.4 is 4.74 Å². The summed E-state index contributed by atoms with van der Waals surface area (Å²) in [7, 11) is 0. The molecule has 0 aliphatic carbocycles. The minimum atomic E-state index is -1.03. The van der Waals surface area contributed by atoms with Crippen LogP contribution in [0.25, 0.3) is 0 Å². The topological polar surface area (TPSA) is 29.5 Å². The van der Waals surface area contributed by atoms with Gasteiger partial charge in [0.2, 0.25) is 6.29 Å². The van der Waals surface area contributed by atoms with E-state index in [0.717, 1.165) is 0 Å². The molecule has 0 aliphatic heterocycles. The van der Waals surface area contributed by atoms with E-state index in [0.29, 0.717) is 15.8 Å². The lowest BCUT2D eigenvalue weighted by Crippen LogP contribution is -2.16. The molecule has 0 saturated carbocycles. The number of hydrogen-bond acceptors (Lipinski definition) is 2. The summed E-state index contributed by atoms with van der Waals surface area (Å²) in [5.74, 6) is 0.433. The van der Waals surface area contributed by atoms with Gasteiger partial charge in [-0.1, -0.05) is 23.2 Å². The Morgan fingerprint density at radius 2 is 2.00 bits per heavy atom. The highest BCUT2D eigenvalue weighted by atomic mass is 35.5. The van der Waals surface area contributed by atoms with E-state index >= 15 is 0 Å². The summed E-state index contributed by atoms with van der Waals surface area (Å²) >= 11 is 16.7. The van der Waals surface area contributed by atoms with Gasteiger partial charge in [-0.3, -0.25) is 0 Å². The zero-order valence-corrected chi connectivity index (χ0v) is 8.77. The van der Waals surface area contributed by atoms with E-state index in [1.54, 1.807) is 12.1 Å². The van der Waals surface area contributed by atoms with Gasteiger partial charge in [-0.25, -0.2) is 0 Å². The number of hydrogen-bond donors (Lipinski definition) is 1. The lowest BCUT2D eigenvalue weighted by atomic mass is 10.3. The molecule has 1 rings (SSSR count). The zero-order chi connectivity index (χ0) is 9.84. The third-order valence-electron chi connectivity index (χ3n) is 1.30. The number of benzene rings is 1. The summed E-state index contributed by atoms with van der Waals surface area (Å²) < 4.78 is 4.98. The quantitative estimate of drug-likeness (QED) is 0.651. The summed E-state index contributed by atoms with van der Waals surface area (Å²) in [6.45, 7) is 0. The number of halogens is 3. The highest BCUT2D eigenvalue weighted by Gasteiger charge is 2.05. The van der Waals surface area contributed by atoms with Crippen molar-refractivity contribution in [1.29, 1.82) is 0 Å². The van der Waals surface area contributed by atoms with E-state index in [1.165, 1.54) is 6.07 Å². The number of aliphatic hydroxyl groups is 1. The minimum absolute atomic E-state index is 0.000244. The van der Waals surface area contributed by atoms with Crippen LogP contribution in [0.4, 0.5) is 0 Å². The van der Waals surface area contributed by atoms with Crippen molar-refractivity contribution < 1.29 is 9.84 Å². The number of rotatable bonds is 3. The van der Waals surface area contributed by atoms with E-state index in [4.69, 9.17) is 44.6 Å². The van der Waals surface area contributed by atoms with Gasteiger partial charge in [0, 0.05) is 6.07 Å². The molecule has 13 heavy (non-hydrogen) atoms. The van der Waals surface area contributed by atoms with Gasteiger partial charge in [-0.05, 0) is 12.1 Å². The van der Waals surface area contributed by atoms with Crippen LogP contribution in [0.15, 0.2) is 18.2 Å². The van der Waals surface area contributed by atoms with Gasteiger partial charge in [-0.15, -0.1) is 11.6 Å². The molecule has 0 radical (unpaired) electrons. The Balaban J connectivity index is 2.73. The van der Waals surface area contributed by atoms with Crippen molar-refractivity contribution in [3.63, 3.8) is 0 Å². The van der Waals surface area contributed by atoms with Crippen molar-refractivity contribution in [2.24, 2.45) is 0 Å². The van der Waals surface area contributed by atoms with Crippen molar-refractivity contribution in [2.75, 3.05) is 5.88 Å². The lowest BCUT2D eigenvalue weighted by molar-refractivity contribution is 0.00272. The molecular weight excluding hydrogens is 234 g/mol. The first kappa shape index (κ1) is 10.9. The summed E-state index contributed by atoms with van der Waals surface area (Å²) in [6, 6.07) is 4.70. The third kappa shape index (κ3) is 3.24. The predicted molar refractivity (Wildman–Crippen MR) is 53.8 cm³/mol. The van der Waals surface area contributed by atoms with Gasteiger partial charge < -0.3 is 9.84 Å². The Hall–Kier alpha value is -0.150. The summed E-state index contributed by atoms with van der Waals surface area (Å²) in [5.41, 5.74) is 0. The van der Waals surface area contributed by atoms with E-state index in [2.05, 4.69) is 0 Å². The number of aliphatic hydroxyl groups excluding tert-OH is 1. The molecule has 1 unspecified atom stereocenters. The maximum Gasteiger partial charge on any atom is 0.211 e. The molecule has 0 aliphatic rings. The van der Waals surface area contributed by atoms with Crippen LogP contribution in [-0.4, -0.2) is 17.3 Å². The average Bonchev–Trinajstić information content (AvgIpc) is 2.11. The molecule has 0 amide bonds. The summed E-state index contributed by atoms with van der Waals surface area (Å²) in [4.78, 5) is 0. The van der Waals surface area contributed by atoms with Gasteiger partial charge in [0.15, 0.2) is 0 Å². The smallest absolute Gasteiger partial charge is 0.211 e. The van der Waals surface area contributed by atoms with Gasteiger partial charge in [0.1, 0.15) is 5.75 Å². The Kier molecular flexibility index (Phi) is 4.13. The molecule has 0 bridgehead atoms. The fourth-order valence-electron chi connectivity index (χ4n) is 0.739. The first-order chi connectivity index (χ1) is 6.13. The zero-order valence-electron chi connectivity index (χ0n) is 6.51. The van der Waals surface area contributed by atoms with Crippen LogP contribution >= 0.6 is 34.8 Å². The van der Waals surface area contributed by atoms with Gasteiger partial charge in [-0.2, -0.15) is 0 Å². The Morgan fingerprint density at radius 1 is 1.31 bits per heavy atom. The van der Waals surface area contributed by atoms with Crippen molar-refractivity contribution in [3.8, 4) is 5.75 Å². The molecule has 0 spiro atoms. The SMILES string of the molecule is OC(CCl)Oc1ccc(Cl)c(Cl)c1. The highest BCUT2D eigenvalue weighted by Crippen LogP contribution is 2.26. The molecule has 1 atom stereocenters. The molecule has 0 aromatic heterocycles. The second-order valence-corrected chi connectivity index (χ2v) is 3.43. The van der Waals surface area contributed by atoms with Gasteiger partial charge >= 0.3 is 0 Å². The van der Waals surface area contributed by atoms with Crippen LogP contribution in [0.1, 0.15) is 0 Å². The molecule has 1 N–H and O–H groups in total. The molecular formula is C8H7Cl3O2. The lowest BCUT2D eigenvalue weighted by Gasteiger charge is -2.10. The second-order valence-electron chi connectivity index (χ2n) is 2.30. The predicted octanol–water partition coefficient (Wildman–Crippen LogP) is 2.93. The molecule has 1 aromatic rings. The highest BCUT2D eigenvalue weighted by molar-refractivity contribution is 6.42.